The van der Waals surface area contributed by atoms with Crippen molar-refractivity contribution in [1.29, 1.82) is 0 Å². The zero-order chi connectivity index (χ0) is 19.1. The molecule has 3 rings (SSSR count). The summed E-state index contributed by atoms with van der Waals surface area (Å²) in [5, 5.41) is 11.1. The Hall–Kier alpha value is -2.95. The predicted molar refractivity (Wildman–Crippen MR) is 106 cm³/mol. The number of carbonyl (C=O) groups excluding carboxylic acids is 1. The van der Waals surface area contributed by atoms with Gasteiger partial charge in [0, 0.05) is 31.8 Å². The van der Waals surface area contributed by atoms with Crippen molar-refractivity contribution in [2.45, 2.75) is 39.2 Å². The third-order valence-corrected chi connectivity index (χ3v) is 4.78. The summed E-state index contributed by atoms with van der Waals surface area (Å²) in [6.45, 7) is 5.52. The maximum absolute atomic E-state index is 12.6. The van der Waals surface area contributed by atoms with Gasteiger partial charge in [-0.3, -0.25) is 4.79 Å². The summed E-state index contributed by atoms with van der Waals surface area (Å²) in [7, 11) is 0. The lowest BCUT2D eigenvalue weighted by molar-refractivity contribution is -0.121. The van der Waals surface area contributed by atoms with E-state index in [1.54, 1.807) is 6.33 Å². The molecule has 5 nitrogen and oxygen atoms in total. The molecule has 0 saturated heterocycles. The molecule has 140 valence electrons. The van der Waals surface area contributed by atoms with Gasteiger partial charge in [0.2, 0.25) is 5.91 Å². The van der Waals surface area contributed by atoms with E-state index in [0.717, 1.165) is 23.5 Å². The first kappa shape index (κ1) is 18.8. The van der Waals surface area contributed by atoms with Crippen LogP contribution in [0.15, 0.2) is 60.9 Å². The van der Waals surface area contributed by atoms with Gasteiger partial charge >= 0.3 is 0 Å². The minimum atomic E-state index is 0.0473. The molecule has 27 heavy (non-hydrogen) atoms. The first-order valence-corrected chi connectivity index (χ1v) is 9.42. The molecule has 0 bridgehead atoms. The van der Waals surface area contributed by atoms with Crippen molar-refractivity contribution < 1.29 is 4.79 Å². The fraction of sp³-hybridized carbons (Fsp3) is 0.318. The number of amides is 1. The molecule has 2 aromatic carbocycles. The Bertz CT molecular complexity index is 856. The molecule has 0 radical (unpaired) electrons. The largest absolute Gasteiger partial charge is 0.356 e. The van der Waals surface area contributed by atoms with Crippen molar-refractivity contribution in [2.75, 3.05) is 6.54 Å². The number of carbonyl (C=O) groups is 1. The van der Waals surface area contributed by atoms with Gasteiger partial charge in [0.1, 0.15) is 12.2 Å². The zero-order valence-electron chi connectivity index (χ0n) is 15.9. The number of nitrogens with one attached hydrogen (secondary N) is 1. The fourth-order valence-electron chi connectivity index (χ4n) is 3.22. The highest BCUT2D eigenvalue weighted by Crippen LogP contribution is 2.28. The van der Waals surface area contributed by atoms with Crippen LogP contribution in [0.25, 0.3) is 0 Å². The third kappa shape index (κ3) is 5.03. The lowest BCUT2D eigenvalue weighted by atomic mass is 9.88. The van der Waals surface area contributed by atoms with Crippen molar-refractivity contribution in [2.24, 2.45) is 0 Å². The number of hydrogen-bond acceptors (Lipinski definition) is 3. The van der Waals surface area contributed by atoms with Crippen LogP contribution in [0.1, 0.15) is 41.8 Å². The second kappa shape index (κ2) is 9.12. The molecule has 0 aliphatic heterocycles. The molecule has 0 spiro atoms. The van der Waals surface area contributed by atoms with E-state index >= 15 is 0 Å². The van der Waals surface area contributed by atoms with Crippen LogP contribution in [0.5, 0.6) is 0 Å². The maximum atomic E-state index is 12.6. The van der Waals surface area contributed by atoms with Crippen molar-refractivity contribution in [3.8, 4) is 0 Å². The lowest BCUT2D eigenvalue weighted by Gasteiger charge is -2.18. The highest BCUT2D eigenvalue weighted by molar-refractivity contribution is 5.77. The minimum Gasteiger partial charge on any atom is -0.356 e. The molecule has 5 heteroatoms. The van der Waals surface area contributed by atoms with Crippen molar-refractivity contribution in [1.82, 2.24) is 20.1 Å². The minimum absolute atomic E-state index is 0.0473. The van der Waals surface area contributed by atoms with Gasteiger partial charge in [-0.2, -0.15) is 0 Å². The van der Waals surface area contributed by atoms with Crippen molar-refractivity contribution in [3.63, 3.8) is 0 Å². The molecule has 1 heterocycles. The van der Waals surface area contributed by atoms with Crippen LogP contribution < -0.4 is 5.32 Å². The van der Waals surface area contributed by atoms with Gasteiger partial charge in [-0.15, -0.1) is 10.2 Å². The van der Waals surface area contributed by atoms with Crippen LogP contribution >= 0.6 is 0 Å². The van der Waals surface area contributed by atoms with Gasteiger partial charge in [-0.05, 0) is 25.0 Å². The van der Waals surface area contributed by atoms with E-state index < -0.39 is 0 Å². The molecule has 0 aliphatic rings. The van der Waals surface area contributed by atoms with Crippen molar-refractivity contribution in [3.05, 3.63) is 83.4 Å². The highest BCUT2D eigenvalue weighted by atomic mass is 16.1. The lowest BCUT2D eigenvalue weighted by Crippen LogP contribution is -2.28. The molecule has 1 atom stereocenters. The summed E-state index contributed by atoms with van der Waals surface area (Å²) in [5.41, 5.74) is 3.53. The van der Waals surface area contributed by atoms with Crippen LogP contribution in [-0.4, -0.2) is 27.2 Å². The van der Waals surface area contributed by atoms with E-state index in [9.17, 15) is 4.79 Å². The highest BCUT2D eigenvalue weighted by Gasteiger charge is 2.18. The van der Waals surface area contributed by atoms with E-state index in [1.165, 1.54) is 5.56 Å². The van der Waals surface area contributed by atoms with E-state index in [1.807, 2.05) is 22.8 Å². The van der Waals surface area contributed by atoms with Gasteiger partial charge in [0.05, 0.1) is 0 Å². The second-order valence-electron chi connectivity index (χ2n) is 6.71. The zero-order valence-corrected chi connectivity index (χ0v) is 15.9. The third-order valence-electron chi connectivity index (χ3n) is 4.78. The standard InChI is InChI=1S/C22H26N4O/c1-3-26-16-24-25-21(26)13-14-23-22(27)15-20(18-7-5-4-6-8-18)19-11-9-17(2)10-12-19/h4-12,16,20H,3,13-15H2,1-2H3,(H,23,27)/t20-/m0/s1. The molecule has 0 saturated carbocycles. The summed E-state index contributed by atoms with van der Waals surface area (Å²) in [5.74, 6) is 0.994. The first-order valence-electron chi connectivity index (χ1n) is 9.42. The number of nitrogens with zero attached hydrogens (tertiary/aromatic N) is 3. The summed E-state index contributed by atoms with van der Waals surface area (Å²) >= 11 is 0. The number of aromatic nitrogens is 3. The molecule has 0 fully saturated rings. The monoisotopic (exact) mass is 362 g/mol. The molecular formula is C22H26N4O. The van der Waals surface area contributed by atoms with Crippen molar-refractivity contribution >= 4 is 5.91 Å². The number of rotatable bonds is 8. The Morgan fingerprint density at radius 1 is 1.07 bits per heavy atom. The van der Waals surface area contributed by atoms with E-state index in [-0.39, 0.29) is 11.8 Å². The van der Waals surface area contributed by atoms with Gasteiger partial charge in [-0.1, -0.05) is 60.2 Å². The quantitative estimate of drug-likeness (QED) is 0.667. The average molecular weight is 362 g/mol. The Morgan fingerprint density at radius 2 is 1.78 bits per heavy atom. The molecule has 1 amide bonds. The molecule has 3 aromatic rings. The fourth-order valence-corrected chi connectivity index (χ4v) is 3.22. The predicted octanol–water partition coefficient (Wildman–Crippen LogP) is 3.49. The van der Waals surface area contributed by atoms with Crippen LogP contribution in [-0.2, 0) is 17.8 Å². The Balaban J connectivity index is 1.65. The van der Waals surface area contributed by atoms with Crippen LogP contribution in [0.4, 0.5) is 0 Å². The summed E-state index contributed by atoms with van der Waals surface area (Å²) in [6, 6.07) is 18.6. The second-order valence-corrected chi connectivity index (χ2v) is 6.71. The van der Waals surface area contributed by atoms with Gasteiger partial charge in [0.25, 0.3) is 0 Å². The molecule has 0 unspecified atom stereocenters. The molecule has 1 aromatic heterocycles. The topological polar surface area (TPSA) is 59.8 Å². The van der Waals surface area contributed by atoms with Gasteiger partial charge < -0.3 is 9.88 Å². The normalized spacial score (nSPS) is 11.9. The molecular weight excluding hydrogens is 336 g/mol. The molecule has 1 N–H and O–H groups in total. The Labute approximate surface area is 160 Å². The average Bonchev–Trinajstić information content (AvgIpc) is 3.15. The van der Waals surface area contributed by atoms with Gasteiger partial charge in [-0.25, -0.2) is 0 Å². The summed E-state index contributed by atoms with van der Waals surface area (Å²) < 4.78 is 1.99. The van der Waals surface area contributed by atoms with Crippen LogP contribution in [0.3, 0.4) is 0 Å². The van der Waals surface area contributed by atoms with Gasteiger partial charge in [0.15, 0.2) is 0 Å². The van der Waals surface area contributed by atoms with Crippen LogP contribution in [0, 0.1) is 6.92 Å². The first-order chi connectivity index (χ1) is 13.2. The number of benzene rings is 2. The smallest absolute Gasteiger partial charge is 0.220 e. The summed E-state index contributed by atoms with van der Waals surface area (Å²) in [6.07, 6.45) is 2.83. The Morgan fingerprint density at radius 3 is 2.48 bits per heavy atom. The molecule has 0 aliphatic carbocycles. The Kier molecular flexibility index (Phi) is 6.36. The number of aryl methyl sites for hydroxylation is 2. The van der Waals surface area contributed by atoms with Crippen LogP contribution in [0.2, 0.25) is 0 Å². The van der Waals surface area contributed by atoms with E-state index in [2.05, 4.69) is 65.8 Å². The number of hydrogen-bond donors (Lipinski definition) is 1. The maximum Gasteiger partial charge on any atom is 0.220 e. The van der Waals surface area contributed by atoms with E-state index in [4.69, 9.17) is 0 Å². The van der Waals surface area contributed by atoms with E-state index in [0.29, 0.717) is 19.4 Å². The summed E-state index contributed by atoms with van der Waals surface area (Å²) in [4.78, 5) is 12.6. The SMILES string of the molecule is CCn1cnnc1CCNC(=O)C[C@@H](c1ccccc1)c1ccc(C)cc1.